The molecule has 1 aliphatic heterocycles. The van der Waals surface area contributed by atoms with Gasteiger partial charge in [-0.3, -0.25) is 9.69 Å². The summed E-state index contributed by atoms with van der Waals surface area (Å²) in [6, 6.07) is 11.4. The number of rotatable bonds is 7. The number of methoxy groups -OCH3 is 2. The van der Waals surface area contributed by atoms with Gasteiger partial charge in [0, 0.05) is 11.0 Å². The SMILES string of the molecule is C=CCN1C(=O)/C(=C/c2ccc(OC)c(OC)c2)SC1=NS(=O)(=O)c1ccc(Br)cc1. The molecule has 2 aromatic carbocycles. The Morgan fingerprint density at radius 1 is 1.13 bits per heavy atom. The van der Waals surface area contributed by atoms with Crippen LogP contribution < -0.4 is 9.47 Å². The second-order valence-electron chi connectivity index (χ2n) is 6.23. The van der Waals surface area contributed by atoms with Crippen LogP contribution in [0.1, 0.15) is 5.56 Å². The maximum Gasteiger partial charge on any atom is 0.284 e. The van der Waals surface area contributed by atoms with E-state index in [1.807, 2.05) is 0 Å². The summed E-state index contributed by atoms with van der Waals surface area (Å²) in [4.78, 5) is 14.6. The summed E-state index contributed by atoms with van der Waals surface area (Å²) in [6.45, 7) is 3.77. The number of carbonyl (C=O) groups is 1. The lowest BCUT2D eigenvalue weighted by molar-refractivity contribution is -0.121. The third-order valence-electron chi connectivity index (χ3n) is 4.21. The summed E-state index contributed by atoms with van der Waals surface area (Å²) in [5, 5.41) is 0.0690. The van der Waals surface area contributed by atoms with Crippen LogP contribution in [0.4, 0.5) is 0 Å². The van der Waals surface area contributed by atoms with E-state index < -0.39 is 10.0 Å². The van der Waals surface area contributed by atoms with Gasteiger partial charge in [0.1, 0.15) is 0 Å². The molecule has 0 radical (unpaired) electrons. The van der Waals surface area contributed by atoms with E-state index in [0.29, 0.717) is 22.0 Å². The van der Waals surface area contributed by atoms with E-state index >= 15 is 0 Å². The molecule has 1 amide bonds. The lowest BCUT2D eigenvalue weighted by atomic mass is 10.2. The van der Waals surface area contributed by atoms with E-state index in [1.54, 1.807) is 36.4 Å². The second kappa shape index (κ2) is 9.71. The van der Waals surface area contributed by atoms with Crippen LogP contribution in [-0.2, 0) is 14.8 Å². The van der Waals surface area contributed by atoms with Gasteiger partial charge in [0.05, 0.1) is 24.0 Å². The number of sulfonamides is 1. The van der Waals surface area contributed by atoms with Crippen LogP contribution >= 0.6 is 27.7 Å². The van der Waals surface area contributed by atoms with Gasteiger partial charge < -0.3 is 9.47 Å². The smallest absolute Gasteiger partial charge is 0.284 e. The number of hydrogen-bond donors (Lipinski definition) is 0. The quantitative estimate of drug-likeness (QED) is 0.397. The van der Waals surface area contributed by atoms with Gasteiger partial charge in [-0.25, -0.2) is 0 Å². The van der Waals surface area contributed by atoms with Crippen molar-refractivity contribution in [2.45, 2.75) is 4.90 Å². The van der Waals surface area contributed by atoms with Crippen molar-refractivity contribution in [2.24, 2.45) is 4.40 Å². The van der Waals surface area contributed by atoms with E-state index in [4.69, 9.17) is 9.47 Å². The highest BCUT2D eigenvalue weighted by Gasteiger charge is 2.34. The Labute approximate surface area is 193 Å². The molecule has 162 valence electrons. The third-order valence-corrected chi connectivity index (χ3v) is 7.15. The molecule has 1 aliphatic rings. The van der Waals surface area contributed by atoms with Crippen molar-refractivity contribution in [1.29, 1.82) is 0 Å². The first-order valence-corrected chi connectivity index (χ1v) is 12.0. The number of hydrogen-bond acceptors (Lipinski definition) is 6. The number of halogens is 1. The van der Waals surface area contributed by atoms with Crippen LogP contribution in [0.5, 0.6) is 11.5 Å². The third kappa shape index (κ3) is 5.20. The van der Waals surface area contributed by atoms with Crippen molar-refractivity contribution < 1.29 is 22.7 Å². The van der Waals surface area contributed by atoms with Gasteiger partial charge in [0.2, 0.25) is 0 Å². The molecule has 1 heterocycles. The number of thioether (sulfide) groups is 1. The van der Waals surface area contributed by atoms with Gasteiger partial charge in [-0.2, -0.15) is 8.42 Å². The van der Waals surface area contributed by atoms with Crippen molar-refractivity contribution in [2.75, 3.05) is 20.8 Å². The molecule has 2 aromatic rings. The maximum absolute atomic E-state index is 12.9. The monoisotopic (exact) mass is 522 g/mol. The lowest BCUT2D eigenvalue weighted by Crippen LogP contribution is -2.29. The van der Waals surface area contributed by atoms with E-state index in [0.717, 1.165) is 16.2 Å². The molecule has 0 aromatic heterocycles. The summed E-state index contributed by atoms with van der Waals surface area (Å²) in [7, 11) is -0.939. The maximum atomic E-state index is 12.9. The largest absolute Gasteiger partial charge is 0.493 e. The molecule has 0 unspecified atom stereocenters. The molecule has 0 bridgehead atoms. The predicted molar refractivity (Wildman–Crippen MR) is 126 cm³/mol. The number of amides is 1. The molecule has 7 nitrogen and oxygen atoms in total. The summed E-state index contributed by atoms with van der Waals surface area (Å²) in [6.07, 6.45) is 3.17. The highest BCUT2D eigenvalue weighted by atomic mass is 79.9. The van der Waals surface area contributed by atoms with Crippen LogP contribution in [0.15, 0.2) is 73.8 Å². The first kappa shape index (κ1) is 23.1. The molecule has 0 aliphatic carbocycles. The van der Waals surface area contributed by atoms with Crippen molar-refractivity contribution in [3.8, 4) is 11.5 Å². The minimum Gasteiger partial charge on any atom is -0.493 e. The topological polar surface area (TPSA) is 85.3 Å². The fraction of sp³-hybridized carbons (Fsp3) is 0.143. The zero-order valence-electron chi connectivity index (χ0n) is 16.7. The van der Waals surface area contributed by atoms with Gasteiger partial charge in [0.25, 0.3) is 15.9 Å². The second-order valence-corrected chi connectivity index (χ2v) is 9.76. The zero-order chi connectivity index (χ0) is 22.6. The van der Waals surface area contributed by atoms with Crippen LogP contribution in [0.3, 0.4) is 0 Å². The normalized spacial score (nSPS) is 16.7. The Balaban J connectivity index is 1.99. The molecule has 0 atom stereocenters. The predicted octanol–water partition coefficient (Wildman–Crippen LogP) is 4.31. The van der Waals surface area contributed by atoms with E-state index in [9.17, 15) is 13.2 Å². The van der Waals surface area contributed by atoms with Gasteiger partial charge in [-0.15, -0.1) is 11.0 Å². The van der Waals surface area contributed by atoms with Crippen LogP contribution in [0.2, 0.25) is 0 Å². The van der Waals surface area contributed by atoms with E-state index in [-0.39, 0.29) is 22.5 Å². The van der Waals surface area contributed by atoms with Crippen molar-refractivity contribution in [1.82, 2.24) is 4.90 Å². The molecule has 0 saturated carbocycles. The number of ether oxygens (including phenoxy) is 2. The number of nitrogens with zero attached hydrogens (tertiary/aromatic N) is 2. The molecule has 10 heteroatoms. The number of benzene rings is 2. The van der Waals surface area contributed by atoms with Crippen molar-refractivity contribution in [3.63, 3.8) is 0 Å². The highest BCUT2D eigenvalue weighted by molar-refractivity contribution is 9.10. The molecule has 0 N–H and O–H groups in total. The average Bonchev–Trinajstić information content (AvgIpc) is 3.02. The molecule has 0 spiro atoms. The Morgan fingerprint density at radius 3 is 2.42 bits per heavy atom. The van der Waals surface area contributed by atoms with Gasteiger partial charge >= 0.3 is 0 Å². The summed E-state index contributed by atoms with van der Waals surface area (Å²) in [5.74, 6) is 0.720. The van der Waals surface area contributed by atoms with Crippen molar-refractivity contribution in [3.05, 3.63) is 70.1 Å². The lowest BCUT2D eigenvalue weighted by Gasteiger charge is -2.12. The molecule has 31 heavy (non-hydrogen) atoms. The first-order chi connectivity index (χ1) is 14.8. The van der Waals surface area contributed by atoms with E-state index in [2.05, 4.69) is 26.9 Å². The van der Waals surface area contributed by atoms with Crippen molar-refractivity contribution >= 4 is 54.9 Å². The molecular weight excluding hydrogens is 504 g/mol. The van der Waals surface area contributed by atoms with Crippen LogP contribution in [-0.4, -0.2) is 45.2 Å². The van der Waals surface area contributed by atoms with Gasteiger partial charge in [-0.1, -0.05) is 28.1 Å². The summed E-state index contributed by atoms with van der Waals surface area (Å²) >= 11 is 4.26. The van der Waals surface area contributed by atoms with Gasteiger partial charge in [-0.05, 0) is 59.8 Å². The average molecular weight is 523 g/mol. The van der Waals surface area contributed by atoms with E-state index in [1.165, 1.54) is 37.3 Å². The Hall–Kier alpha value is -2.56. The molecule has 1 fully saturated rings. The minimum atomic E-state index is -4.00. The highest BCUT2D eigenvalue weighted by Crippen LogP contribution is 2.35. The molecular formula is C21H19BrN2O5S2. The fourth-order valence-corrected chi connectivity index (χ4v) is 5.18. The van der Waals surface area contributed by atoms with Gasteiger partial charge in [0.15, 0.2) is 16.7 Å². The zero-order valence-corrected chi connectivity index (χ0v) is 20.0. The summed E-state index contributed by atoms with van der Waals surface area (Å²) in [5.41, 5.74) is 0.698. The standard InChI is InChI=1S/C21H19BrN2O5S2/c1-4-11-24-20(25)19(13-14-5-10-17(28-2)18(12-14)29-3)30-21(24)23-31(26,27)16-8-6-15(22)7-9-16/h4-10,12-13H,1,11H2,2-3H3/b19-13-,23-21?. The first-order valence-electron chi connectivity index (χ1n) is 8.94. The fourth-order valence-electron chi connectivity index (χ4n) is 2.72. The number of carbonyl (C=O) groups excluding carboxylic acids is 1. The molecule has 1 saturated heterocycles. The van der Waals surface area contributed by atoms with Crippen LogP contribution in [0, 0.1) is 0 Å². The minimum absolute atomic E-state index is 0.0344. The Kier molecular flexibility index (Phi) is 7.24. The molecule has 3 rings (SSSR count). The number of amidine groups is 1. The van der Waals surface area contributed by atoms with Crippen LogP contribution in [0.25, 0.3) is 6.08 Å². The summed E-state index contributed by atoms with van der Waals surface area (Å²) < 4.78 is 40.7. The Morgan fingerprint density at radius 2 is 1.81 bits per heavy atom. The Bertz CT molecular complexity index is 1170.